The van der Waals surface area contributed by atoms with Gasteiger partial charge >= 0.3 is 18.0 Å². The van der Waals surface area contributed by atoms with Crippen LogP contribution in [-0.4, -0.2) is 56.5 Å². The minimum atomic E-state index is -0.812. The number of unbranched alkanes of at least 4 members (excludes halogenated alkanes) is 9. The Kier molecular flexibility index (Phi) is 22.1. The fourth-order valence-corrected chi connectivity index (χ4v) is 3.73. The number of ether oxygens (including phenoxy) is 3. The highest BCUT2D eigenvalue weighted by molar-refractivity contribution is 5.94. The van der Waals surface area contributed by atoms with E-state index < -0.39 is 23.5 Å². The molecule has 0 unspecified atom stereocenters. The first-order valence-corrected chi connectivity index (χ1v) is 14.7. The van der Waals surface area contributed by atoms with Crippen molar-refractivity contribution in [1.29, 1.82) is 0 Å². The van der Waals surface area contributed by atoms with Crippen molar-refractivity contribution in [2.45, 2.75) is 130 Å². The van der Waals surface area contributed by atoms with Crippen LogP contribution in [0.15, 0.2) is 0 Å². The van der Waals surface area contributed by atoms with Crippen LogP contribution in [0.25, 0.3) is 0 Å². The van der Waals surface area contributed by atoms with Gasteiger partial charge in [-0.3, -0.25) is 9.59 Å². The van der Waals surface area contributed by atoms with Crippen LogP contribution in [0.4, 0.5) is 4.79 Å². The average molecular weight is 529 g/mol. The summed E-state index contributed by atoms with van der Waals surface area (Å²) in [7, 11) is 0. The quantitative estimate of drug-likeness (QED) is 0.0694. The van der Waals surface area contributed by atoms with Gasteiger partial charge in [0.25, 0.3) is 0 Å². The molecule has 0 spiro atoms. The van der Waals surface area contributed by atoms with E-state index in [4.69, 9.17) is 14.2 Å². The molecule has 8 nitrogen and oxygen atoms in total. The largest absolute Gasteiger partial charge is 0.465 e. The SMILES string of the molecule is CCCCCCOC(=O)C(CCCCCCNCCCNC(=O)OC(C)(C)C)C(=O)OCCCCCC. The standard InChI is InChI=1S/C29H56N2O6/c1-6-8-10-16-23-35-26(32)25(27(33)36-24-17-11-9-7-2)19-14-12-13-15-20-30-21-18-22-31-28(34)37-29(3,4)5/h25,30H,6-24H2,1-5H3,(H,31,34). The number of esters is 2. The van der Waals surface area contributed by atoms with Crippen LogP contribution >= 0.6 is 0 Å². The number of nitrogens with one attached hydrogen (secondary N) is 2. The fraction of sp³-hybridized carbons (Fsp3) is 0.897. The number of carbonyl (C=O) groups is 3. The molecule has 0 heterocycles. The first-order valence-electron chi connectivity index (χ1n) is 14.7. The number of alkyl carbamates (subject to hydrolysis) is 1. The zero-order valence-corrected chi connectivity index (χ0v) is 24.5. The van der Waals surface area contributed by atoms with Crippen LogP contribution in [0.5, 0.6) is 0 Å². The molecule has 0 fully saturated rings. The van der Waals surface area contributed by atoms with Crippen molar-refractivity contribution < 1.29 is 28.6 Å². The normalized spacial score (nSPS) is 11.4. The molecule has 0 aliphatic heterocycles. The second kappa shape index (κ2) is 23.3. The van der Waals surface area contributed by atoms with E-state index in [0.717, 1.165) is 96.6 Å². The lowest BCUT2D eigenvalue weighted by atomic mass is 10.0. The smallest absolute Gasteiger partial charge is 0.407 e. The van der Waals surface area contributed by atoms with Crippen LogP contribution < -0.4 is 10.6 Å². The van der Waals surface area contributed by atoms with E-state index in [-0.39, 0.29) is 6.09 Å². The molecule has 0 aromatic rings. The lowest BCUT2D eigenvalue weighted by molar-refractivity contribution is -0.162. The lowest BCUT2D eigenvalue weighted by Crippen LogP contribution is -2.34. The van der Waals surface area contributed by atoms with E-state index in [0.29, 0.717) is 26.2 Å². The first-order chi connectivity index (χ1) is 17.7. The number of rotatable bonds is 23. The summed E-state index contributed by atoms with van der Waals surface area (Å²) in [6.07, 6.45) is 13.0. The monoisotopic (exact) mass is 528 g/mol. The van der Waals surface area contributed by atoms with Crippen LogP contribution in [0.3, 0.4) is 0 Å². The molecule has 2 N–H and O–H groups in total. The molecular weight excluding hydrogens is 472 g/mol. The Morgan fingerprint density at radius 3 is 1.70 bits per heavy atom. The van der Waals surface area contributed by atoms with Crippen LogP contribution in [0, 0.1) is 5.92 Å². The van der Waals surface area contributed by atoms with Crippen molar-refractivity contribution in [3.05, 3.63) is 0 Å². The molecule has 0 aliphatic rings. The summed E-state index contributed by atoms with van der Waals surface area (Å²) in [6.45, 7) is 12.9. The molecule has 0 aliphatic carbocycles. The number of carbonyl (C=O) groups excluding carboxylic acids is 3. The third-order valence-corrected chi connectivity index (χ3v) is 5.85. The second-order valence-electron chi connectivity index (χ2n) is 10.7. The second-order valence-corrected chi connectivity index (χ2v) is 10.7. The summed E-state index contributed by atoms with van der Waals surface area (Å²) in [5, 5.41) is 6.13. The third kappa shape index (κ3) is 23.0. The molecule has 0 saturated heterocycles. The molecule has 37 heavy (non-hydrogen) atoms. The molecule has 0 saturated carbocycles. The predicted molar refractivity (Wildman–Crippen MR) is 149 cm³/mol. The summed E-state index contributed by atoms with van der Waals surface area (Å²) in [6, 6.07) is 0. The van der Waals surface area contributed by atoms with Crippen molar-refractivity contribution >= 4 is 18.0 Å². The minimum Gasteiger partial charge on any atom is -0.465 e. The Hall–Kier alpha value is -1.83. The topological polar surface area (TPSA) is 103 Å². The maximum atomic E-state index is 12.6. The van der Waals surface area contributed by atoms with Crippen molar-refractivity contribution in [3.8, 4) is 0 Å². The summed E-state index contributed by atoms with van der Waals surface area (Å²) in [4.78, 5) is 36.8. The van der Waals surface area contributed by atoms with E-state index in [1.807, 2.05) is 20.8 Å². The van der Waals surface area contributed by atoms with Gasteiger partial charge < -0.3 is 24.8 Å². The minimum absolute atomic E-state index is 0.373. The maximum Gasteiger partial charge on any atom is 0.407 e. The number of hydrogen-bond donors (Lipinski definition) is 2. The van der Waals surface area contributed by atoms with Gasteiger partial charge in [0.05, 0.1) is 13.2 Å². The molecule has 0 bridgehead atoms. The Bertz CT molecular complexity index is 565. The van der Waals surface area contributed by atoms with Gasteiger partial charge in [0.15, 0.2) is 5.92 Å². The highest BCUT2D eigenvalue weighted by Gasteiger charge is 2.29. The van der Waals surface area contributed by atoms with E-state index in [9.17, 15) is 14.4 Å². The van der Waals surface area contributed by atoms with Crippen molar-refractivity contribution in [2.24, 2.45) is 5.92 Å². The van der Waals surface area contributed by atoms with Gasteiger partial charge in [-0.1, -0.05) is 71.6 Å². The molecule has 218 valence electrons. The highest BCUT2D eigenvalue weighted by atomic mass is 16.6. The van der Waals surface area contributed by atoms with Gasteiger partial charge in [0, 0.05) is 6.54 Å². The maximum absolute atomic E-state index is 12.6. The van der Waals surface area contributed by atoms with Gasteiger partial charge in [-0.25, -0.2) is 4.79 Å². The average Bonchev–Trinajstić information content (AvgIpc) is 2.83. The van der Waals surface area contributed by atoms with Crippen LogP contribution in [-0.2, 0) is 23.8 Å². The van der Waals surface area contributed by atoms with Gasteiger partial charge in [0.2, 0.25) is 0 Å². The van der Waals surface area contributed by atoms with Gasteiger partial charge in [-0.05, 0) is 66.0 Å². The van der Waals surface area contributed by atoms with E-state index in [1.165, 1.54) is 0 Å². The van der Waals surface area contributed by atoms with Crippen molar-refractivity contribution in [2.75, 3.05) is 32.8 Å². The molecule has 0 atom stereocenters. The molecular formula is C29H56N2O6. The zero-order chi connectivity index (χ0) is 27.8. The van der Waals surface area contributed by atoms with E-state index >= 15 is 0 Å². The van der Waals surface area contributed by atoms with E-state index in [1.54, 1.807) is 0 Å². The molecule has 0 aromatic carbocycles. The molecule has 1 amide bonds. The van der Waals surface area contributed by atoms with Crippen LogP contribution in [0.1, 0.15) is 125 Å². The Morgan fingerprint density at radius 1 is 0.649 bits per heavy atom. The Labute approximate surface area is 226 Å². The third-order valence-electron chi connectivity index (χ3n) is 5.85. The number of amides is 1. The van der Waals surface area contributed by atoms with Crippen molar-refractivity contribution in [3.63, 3.8) is 0 Å². The molecule has 0 rings (SSSR count). The predicted octanol–water partition coefficient (Wildman–Crippen LogP) is 6.30. The Balaban J connectivity index is 4.10. The van der Waals surface area contributed by atoms with E-state index in [2.05, 4.69) is 24.5 Å². The zero-order valence-electron chi connectivity index (χ0n) is 24.5. The first kappa shape index (κ1) is 35.2. The fourth-order valence-electron chi connectivity index (χ4n) is 3.73. The van der Waals surface area contributed by atoms with Gasteiger partial charge in [-0.15, -0.1) is 0 Å². The van der Waals surface area contributed by atoms with Crippen LogP contribution in [0.2, 0.25) is 0 Å². The molecule has 0 radical (unpaired) electrons. The summed E-state index contributed by atoms with van der Waals surface area (Å²) in [5.74, 6) is -1.68. The Morgan fingerprint density at radius 2 is 1.16 bits per heavy atom. The molecule has 0 aromatic heterocycles. The lowest BCUT2D eigenvalue weighted by Gasteiger charge is -2.19. The van der Waals surface area contributed by atoms with Crippen molar-refractivity contribution in [1.82, 2.24) is 10.6 Å². The molecule has 8 heteroatoms. The number of hydrogen-bond acceptors (Lipinski definition) is 7. The summed E-state index contributed by atoms with van der Waals surface area (Å²) in [5.41, 5.74) is -0.481. The summed E-state index contributed by atoms with van der Waals surface area (Å²) < 4.78 is 16.0. The highest BCUT2D eigenvalue weighted by Crippen LogP contribution is 2.16. The summed E-state index contributed by atoms with van der Waals surface area (Å²) >= 11 is 0. The van der Waals surface area contributed by atoms with Gasteiger partial charge in [-0.2, -0.15) is 0 Å². The van der Waals surface area contributed by atoms with Gasteiger partial charge in [0.1, 0.15) is 5.60 Å².